The lowest BCUT2D eigenvalue weighted by atomic mass is 10.1. The van der Waals surface area contributed by atoms with Crippen LogP contribution in [-0.4, -0.2) is 29.3 Å². The van der Waals surface area contributed by atoms with E-state index in [0.29, 0.717) is 16.9 Å². The number of rotatable bonds is 4. The molecule has 0 atom stereocenters. The number of nitro groups is 1. The Hall–Kier alpha value is -2.68. The predicted octanol–water partition coefficient (Wildman–Crippen LogP) is 4.01. The Bertz CT molecular complexity index is 938. The van der Waals surface area contributed by atoms with Crippen molar-refractivity contribution in [3.63, 3.8) is 0 Å². The standard InChI is InChI=1S/C15H14BrN5O3/c1-8-4-5-9(6-10(8)16)17-11-7-12(20(2)3)13-14(19-24-18-13)15(11)21(22)23/h4-7,17H,1-3H3. The van der Waals surface area contributed by atoms with Gasteiger partial charge in [0.2, 0.25) is 5.52 Å². The molecule has 0 fully saturated rings. The van der Waals surface area contributed by atoms with Gasteiger partial charge < -0.3 is 10.2 Å². The molecule has 2 aromatic carbocycles. The topological polar surface area (TPSA) is 97.3 Å². The lowest BCUT2D eigenvalue weighted by Gasteiger charge is -2.15. The van der Waals surface area contributed by atoms with Crippen LogP contribution < -0.4 is 10.2 Å². The summed E-state index contributed by atoms with van der Waals surface area (Å²) in [7, 11) is 3.64. The molecule has 0 aliphatic heterocycles. The van der Waals surface area contributed by atoms with E-state index in [1.807, 2.05) is 39.2 Å². The van der Waals surface area contributed by atoms with E-state index in [4.69, 9.17) is 4.63 Å². The molecule has 3 rings (SSSR count). The highest BCUT2D eigenvalue weighted by Gasteiger charge is 2.26. The zero-order valence-corrected chi connectivity index (χ0v) is 14.8. The number of aryl methyl sites for hydroxylation is 1. The summed E-state index contributed by atoms with van der Waals surface area (Å²) >= 11 is 3.46. The summed E-state index contributed by atoms with van der Waals surface area (Å²) in [5.74, 6) is 0. The first-order chi connectivity index (χ1) is 11.4. The van der Waals surface area contributed by atoms with Crippen molar-refractivity contribution < 1.29 is 9.55 Å². The van der Waals surface area contributed by atoms with Gasteiger partial charge in [-0.15, -0.1) is 0 Å². The molecule has 1 N–H and O–H groups in total. The van der Waals surface area contributed by atoms with E-state index in [2.05, 4.69) is 31.6 Å². The smallest absolute Gasteiger partial charge is 0.324 e. The molecule has 8 nitrogen and oxygen atoms in total. The summed E-state index contributed by atoms with van der Waals surface area (Å²) in [6.45, 7) is 1.97. The van der Waals surface area contributed by atoms with Gasteiger partial charge in [-0.3, -0.25) is 10.1 Å². The molecule has 1 aromatic heterocycles. The van der Waals surface area contributed by atoms with E-state index >= 15 is 0 Å². The molecule has 0 aliphatic rings. The van der Waals surface area contributed by atoms with Gasteiger partial charge in [0, 0.05) is 24.3 Å². The van der Waals surface area contributed by atoms with Crippen LogP contribution in [0.1, 0.15) is 5.56 Å². The van der Waals surface area contributed by atoms with Gasteiger partial charge in [-0.2, -0.15) is 0 Å². The highest BCUT2D eigenvalue weighted by atomic mass is 79.9. The van der Waals surface area contributed by atoms with Crippen molar-refractivity contribution in [2.24, 2.45) is 0 Å². The first kappa shape index (κ1) is 16.2. The normalized spacial score (nSPS) is 10.8. The fourth-order valence-electron chi connectivity index (χ4n) is 2.36. The maximum atomic E-state index is 11.6. The Balaban J connectivity index is 2.19. The number of nitrogens with one attached hydrogen (secondary N) is 1. The second-order valence-electron chi connectivity index (χ2n) is 5.49. The number of hydrogen-bond acceptors (Lipinski definition) is 7. The number of benzene rings is 2. The second kappa shape index (κ2) is 6.08. The number of fused-ring (bicyclic) bond motifs is 1. The minimum Gasteiger partial charge on any atom is -0.376 e. The molecule has 9 heteroatoms. The second-order valence-corrected chi connectivity index (χ2v) is 6.35. The van der Waals surface area contributed by atoms with Crippen LogP contribution in [0.25, 0.3) is 11.0 Å². The molecule has 0 aliphatic carbocycles. The van der Waals surface area contributed by atoms with Crippen LogP contribution >= 0.6 is 15.9 Å². The van der Waals surface area contributed by atoms with Gasteiger partial charge in [-0.25, -0.2) is 4.63 Å². The number of hydrogen-bond donors (Lipinski definition) is 1. The minimum absolute atomic E-state index is 0.111. The number of nitrogens with zero attached hydrogens (tertiary/aromatic N) is 4. The van der Waals surface area contributed by atoms with Crippen LogP contribution in [-0.2, 0) is 0 Å². The summed E-state index contributed by atoms with van der Waals surface area (Å²) in [5, 5.41) is 22.2. The van der Waals surface area contributed by atoms with Gasteiger partial charge in [0.15, 0.2) is 5.52 Å². The summed E-state index contributed by atoms with van der Waals surface area (Å²) in [5.41, 5.74) is 3.07. The number of anilines is 3. The number of nitro benzene ring substituents is 1. The molecular weight excluding hydrogens is 378 g/mol. The molecule has 24 heavy (non-hydrogen) atoms. The minimum atomic E-state index is -0.489. The van der Waals surface area contributed by atoms with Crippen molar-refractivity contribution in [3.05, 3.63) is 44.4 Å². The molecule has 0 radical (unpaired) electrons. The van der Waals surface area contributed by atoms with Crippen LogP contribution in [0.2, 0.25) is 0 Å². The van der Waals surface area contributed by atoms with Gasteiger partial charge in [0.1, 0.15) is 5.69 Å². The Morgan fingerprint density at radius 2 is 1.96 bits per heavy atom. The summed E-state index contributed by atoms with van der Waals surface area (Å²) in [4.78, 5) is 12.9. The average Bonchev–Trinajstić information content (AvgIpc) is 2.98. The van der Waals surface area contributed by atoms with E-state index in [1.54, 1.807) is 11.0 Å². The van der Waals surface area contributed by atoms with Gasteiger partial charge in [0.05, 0.1) is 10.6 Å². The zero-order valence-electron chi connectivity index (χ0n) is 13.2. The van der Waals surface area contributed by atoms with Crippen LogP contribution in [0, 0.1) is 17.0 Å². The Labute approximate surface area is 145 Å². The summed E-state index contributed by atoms with van der Waals surface area (Å²) in [6.07, 6.45) is 0. The molecule has 3 aromatic rings. The highest BCUT2D eigenvalue weighted by Crippen LogP contribution is 2.39. The van der Waals surface area contributed by atoms with Crippen molar-refractivity contribution in [2.45, 2.75) is 6.92 Å². The third-order valence-corrected chi connectivity index (χ3v) is 4.46. The van der Waals surface area contributed by atoms with Gasteiger partial charge in [0.25, 0.3) is 0 Å². The first-order valence-electron chi connectivity index (χ1n) is 7.02. The van der Waals surface area contributed by atoms with Crippen molar-refractivity contribution in [2.75, 3.05) is 24.3 Å². The van der Waals surface area contributed by atoms with Crippen molar-refractivity contribution in [3.8, 4) is 0 Å². The van der Waals surface area contributed by atoms with Crippen molar-refractivity contribution in [1.29, 1.82) is 0 Å². The summed E-state index contributed by atoms with van der Waals surface area (Å²) in [6, 6.07) is 7.30. The zero-order chi connectivity index (χ0) is 17.4. The fraction of sp³-hybridized carbons (Fsp3) is 0.200. The van der Waals surface area contributed by atoms with E-state index in [1.165, 1.54) is 0 Å². The lowest BCUT2D eigenvalue weighted by Crippen LogP contribution is -2.10. The van der Waals surface area contributed by atoms with E-state index in [0.717, 1.165) is 15.7 Å². The third-order valence-electron chi connectivity index (χ3n) is 3.61. The van der Waals surface area contributed by atoms with Gasteiger partial charge in [-0.1, -0.05) is 22.0 Å². The monoisotopic (exact) mass is 391 g/mol. The van der Waals surface area contributed by atoms with E-state index in [9.17, 15) is 10.1 Å². The molecule has 0 saturated heterocycles. The number of halogens is 1. The predicted molar refractivity (Wildman–Crippen MR) is 94.9 cm³/mol. The highest BCUT2D eigenvalue weighted by molar-refractivity contribution is 9.10. The van der Waals surface area contributed by atoms with Crippen LogP contribution in [0.5, 0.6) is 0 Å². The van der Waals surface area contributed by atoms with Gasteiger partial charge >= 0.3 is 5.69 Å². The van der Waals surface area contributed by atoms with Crippen molar-refractivity contribution in [1.82, 2.24) is 10.3 Å². The first-order valence-corrected chi connectivity index (χ1v) is 7.82. The Morgan fingerprint density at radius 3 is 2.58 bits per heavy atom. The fourth-order valence-corrected chi connectivity index (χ4v) is 2.74. The van der Waals surface area contributed by atoms with Crippen LogP contribution in [0.3, 0.4) is 0 Å². The molecule has 0 spiro atoms. The molecular formula is C15H14BrN5O3. The molecule has 1 heterocycles. The van der Waals surface area contributed by atoms with E-state index in [-0.39, 0.29) is 11.2 Å². The van der Waals surface area contributed by atoms with Crippen LogP contribution in [0.15, 0.2) is 33.4 Å². The molecule has 0 amide bonds. The maximum absolute atomic E-state index is 11.6. The lowest BCUT2D eigenvalue weighted by molar-refractivity contribution is -0.382. The molecule has 0 bridgehead atoms. The Morgan fingerprint density at radius 1 is 1.25 bits per heavy atom. The SMILES string of the molecule is Cc1ccc(Nc2cc(N(C)C)c3nonc3c2[N+](=O)[O-])cc1Br. The molecule has 0 saturated carbocycles. The number of aromatic nitrogens is 2. The van der Waals surface area contributed by atoms with Crippen molar-refractivity contribution >= 4 is 49.7 Å². The quantitative estimate of drug-likeness (QED) is 0.529. The molecule has 124 valence electrons. The van der Waals surface area contributed by atoms with Crippen LogP contribution in [0.4, 0.5) is 22.7 Å². The van der Waals surface area contributed by atoms with Gasteiger partial charge in [-0.05, 0) is 41.0 Å². The maximum Gasteiger partial charge on any atom is 0.324 e. The average molecular weight is 392 g/mol. The summed E-state index contributed by atoms with van der Waals surface area (Å²) < 4.78 is 5.63. The Kier molecular flexibility index (Phi) is 4.10. The molecule has 0 unspecified atom stereocenters. The third kappa shape index (κ3) is 2.78. The van der Waals surface area contributed by atoms with E-state index < -0.39 is 4.92 Å². The largest absolute Gasteiger partial charge is 0.376 e.